The summed E-state index contributed by atoms with van der Waals surface area (Å²) < 4.78 is 4.91. The summed E-state index contributed by atoms with van der Waals surface area (Å²) >= 11 is 0. The maximum atomic E-state index is 4.76. The Labute approximate surface area is 287 Å². The van der Waals surface area contributed by atoms with Gasteiger partial charge < -0.3 is 9.13 Å². The van der Waals surface area contributed by atoms with Crippen LogP contribution in [0.1, 0.15) is 0 Å². The molecule has 0 saturated heterocycles. The minimum atomic E-state index is 0.866. The summed E-state index contributed by atoms with van der Waals surface area (Å²) in [6.45, 7) is 0. The van der Waals surface area contributed by atoms with Gasteiger partial charge in [-0.2, -0.15) is 0 Å². The van der Waals surface area contributed by atoms with Crippen LogP contribution in [0.2, 0.25) is 0 Å². The fourth-order valence-corrected chi connectivity index (χ4v) is 8.28. The zero-order valence-corrected chi connectivity index (χ0v) is 27.0. The van der Waals surface area contributed by atoms with Crippen LogP contribution in [0.25, 0.3) is 98.7 Å². The summed E-state index contributed by atoms with van der Waals surface area (Å²) in [5.74, 6) is 0. The van der Waals surface area contributed by atoms with Gasteiger partial charge in [-0.25, -0.2) is 0 Å². The minimum Gasteiger partial charge on any atom is -0.309 e. The molecule has 0 bridgehead atoms. The van der Waals surface area contributed by atoms with Crippen LogP contribution in [0.4, 0.5) is 0 Å². The lowest BCUT2D eigenvalue weighted by Gasteiger charge is -2.15. The van der Waals surface area contributed by atoms with Gasteiger partial charge in [-0.15, -0.1) is 0 Å². The third-order valence-corrected chi connectivity index (χ3v) is 10.4. The average molecular weight is 637 g/mol. The molecule has 11 aromatic rings. The first-order valence-electron chi connectivity index (χ1n) is 17.0. The van der Waals surface area contributed by atoms with E-state index in [0.29, 0.717) is 0 Å². The van der Waals surface area contributed by atoms with Crippen molar-refractivity contribution >= 4 is 76.2 Å². The van der Waals surface area contributed by atoms with E-state index in [2.05, 4.69) is 167 Å². The second kappa shape index (κ2) is 10.4. The van der Waals surface area contributed by atoms with Crippen molar-refractivity contribution in [3.05, 3.63) is 170 Å². The van der Waals surface area contributed by atoms with Crippen LogP contribution in [0, 0.1) is 0 Å². The molecule has 8 aromatic carbocycles. The monoisotopic (exact) mass is 636 g/mol. The van der Waals surface area contributed by atoms with Gasteiger partial charge in [0.15, 0.2) is 0 Å². The Balaban J connectivity index is 1.37. The summed E-state index contributed by atoms with van der Waals surface area (Å²) in [5, 5.41) is 10.0. The van der Waals surface area contributed by atoms with Gasteiger partial charge in [0.05, 0.1) is 38.8 Å². The molecule has 0 saturated carbocycles. The minimum absolute atomic E-state index is 0.866. The van der Waals surface area contributed by atoms with E-state index >= 15 is 0 Å². The van der Waals surface area contributed by atoms with E-state index in [1.165, 1.54) is 54.1 Å². The summed E-state index contributed by atoms with van der Waals surface area (Å²) in [4.78, 5) is 9.46. The van der Waals surface area contributed by atoms with E-state index < -0.39 is 0 Å². The first kappa shape index (κ1) is 27.2. The van der Waals surface area contributed by atoms with E-state index in [9.17, 15) is 0 Å². The standard InChI is InChI=1S/C46H28N4/c1-3-13-29(14-4-1)36-26-39-40(48-24-23-47-39)27-42(36)50-41-22-12-11-19-33(41)37-25-38-44(28-43(37)50)49(30-15-5-2-6-16-30)46-35-21-10-8-18-32(35)31-17-7-9-20-34(31)45(38)46/h1-28H. The number of fused-ring (bicyclic) bond motifs is 12. The van der Waals surface area contributed by atoms with Gasteiger partial charge in [0.2, 0.25) is 0 Å². The molecule has 0 atom stereocenters. The lowest BCUT2D eigenvalue weighted by Crippen LogP contribution is -1.99. The Bertz CT molecular complexity index is 3140. The molecule has 50 heavy (non-hydrogen) atoms. The highest BCUT2D eigenvalue weighted by Gasteiger charge is 2.23. The van der Waals surface area contributed by atoms with Gasteiger partial charge >= 0.3 is 0 Å². The van der Waals surface area contributed by atoms with Crippen molar-refractivity contribution in [3.63, 3.8) is 0 Å². The SMILES string of the molecule is c1ccc(-c2cc3nccnc3cc2-n2c3ccccc3c3cc4c5c6ccccc6c6ccccc6c5n(-c5ccccc5)c4cc32)cc1. The Hall–Kier alpha value is -6.78. The summed E-state index contributed by atoms with van der Waals surface area (Å²) in [6, 6.07) is 57.2. The van der Waals surface area contributed by atoms with Crippen LogP contribution in [0.15, 0.2) is 170 Å². The molecule has 4 heteroatoms. The topological polar surface area (TPSA) is 35.6 Å². The van der Waals surface area contributed by atoms with Crippen LogP contribution in [-0.4, -0.2) is 19.1 Å². The maximum absolute atomic E-state index is 4.76. The predicted molar refractivity (Wildman–Crippen MR) is 209 cm³/mol. The molecule has 0 N–H and O–H groups in total. The van der Waals surface area contributed by atoms with Crippen molar-refractivity contribution in [2.75, 3.05) is 0 Å². The van der Waals surface area contributed by atoms with Crippen molar-refractivity contribution in [2.45, 2.75) is 0 Å². The Morgan fingerprint density at radius 1 is 0.380 bits per heavy atom. The Morgan fingerprint density at radius 2 is 0.960 bits per heavy atom. The van der Waals surface area contributed by atoms with E-state index in [1.807, 2.05) is 0 Å². The largest absolute Gasteiger partial charge is 0.309 e. The molecule has 3 aromatic heterocycles. The lowest BCUT2D eigenvalue weighted by atomic mass is 9.96. The number of para-hydroxylation sites is 2. The van der Waals surface area contributed by atoms with E-state index in [1.54, 1.807) is 12.4 Å². The van der Waals surface area contributed by atoms with Crippen LogP contribution < -0.4 is 0 Å². The summed E-state index contributed by atoms with van der Waals surface area (Å²) in [5.41, 5.74) is 10.9. The van der Waals surface area contributed by atoms with Crippen LogP contribution in [0.5, 0.6) is 0 Å². The highest BCUT2D eigenvalue weighted by atomic mass is 15.0. The Morgan fingerprint density at radius 3 is 1.72 bits per heavy atom. The Kier molecular flexibility index (Phi) is 5.63. The van der Waals surface area contributed by atoms with Crippen molar-refractivity contribution < 1.29 is 0 Å². The second-order valence-corrected chi connectivity index (χ2v) is 13.0. The molecular formula is C46H28N4. The van der Waals surface area contributed by atoms with Crippen LogP contribution >= 0.6 is 0 Å². The fraction of sp³-hybridized carbons (Fsp3) is 0. The lowest BCUT2D eigenvalue weighted by molar-refractivity contribution is 1.17. The van der Waals surface area contributed by atoms with Crippen molar-refractivity contribution in [3.8, 4) is 22.5 Å². The molecule has 3 heterocycles. The molecule has 0 fully saturated rings. The number of hydrogen-bond acceptors (Lipinski definition) is 2. The number of benzene rings is 8. The highest BCUT2D eigenvalue weighted by Crippen LogP contribution is 2.45. The van der Waals surface area contributed by atoms with Gasteiger partial charge in [-0.3, -0.25) is 9.97 Å². The summed E-state index contributed by atoms with van der Waals surface area (Å²) in [7, 11) is 0. The smallest absolute Gasteiger partial charge is 0.0908 e. The molecule has 0 radical (unpaired) electrons. The number of aromatic nitrogens is 4. The molecule has 0 spiro atoms. The van der Waals surface area contributed by atoms with Gasteiger partial charge in [0.1, 0.15) is 0 Å². The fourth-order valence-electron chi connectivity index (χ4n) is 8.28. The molecule has 4 nitrogen and oxygen atoms in total. The normalized spacial score (nSPS) is 12.0. The molecular weight excluding hydrogens is 609 g/mol. The number of hydrogen-bond donors (Lipinski definition) is 0. The third-order valence-electron chi connectivity index (χ3n) is 10.4. The van der Waals surface area contributed by atoms with Crippen molar-refractivity contribution in [1.29, 1.82) is 0 Å². The third kappa shape index (κ3) is 3.76. The zero-order chi connectivity index (χ0) is 32.8. The molecule has 0 unspecified atom stereocenters. The van der Waals surface area contributed by atoms with Crippen molar-refractivity contribution in [2.24, 2.45) is 0 Å². The maximum Gasteiger partial charge on any atom is 0.0908 e. The molecule has 11 rings (SSSR count). The van der Waals surface area contributed by atoms with Crippen molar-refractivity contribution in [1.82, 2.24) is 19.1 Å². The van der Waals surface area contributed by atoms with Gasteiger partial charge in [0, 0.05) is 50.6 Å². The molecule has 0 aliphatic carbocycles. The van der Waals surface area contributed by atoms with Gasteiger partial charge in [0.25, 0.3) is 0 Å². The number of nitrogens with zero attached hydrogens (tertiary/aromatic N) is 4. The average Bonchev–Trinajstić information content (AvgIpc) is 3.70. The first-order valence-corrected chi connectivity index (χ1v) is 17.0. The molecule has 0 amide bonds. The molecule has 0 aliphatic rings. The zero-order valence-electron chi connectivity index (χ0n) is 27.0. The summed E-state index contributed by atoms with van der Waals surface area (Å²) in [6.07, 6.45) is 3.54. The highest BCUT2D eigenvalue weighted by molar-refractivity contribution is 6.33. The van der Waals surface area contributed by atoms with E-state index in [0.717, 1.165) is 44.6 Å². The predicted octanol–water partition coefficient (Wildman–Crippen LogP) is 11.8. The molecule has 232 valence electrons. The quantitative estimate of drug-likeness (QED) is 0.181. The van der Waals surface area contributed by atoms with Crippen LogP contribution in [0.3, 0.4) is 0 Å². The van der Waals surface area contributed by atoms with Gasteiger partial charge in [-0.05, 0) is 64.2 Å². The van der Waals surface area contributed by atoms with E-state index in [4.69, 9.17) is 9.97 Å². The molecule has 0 aliphatic heterocycles. The van der Waals surface area contributed by atoms with Gasteiger partial charge in [-0.1, -0.05) is 115 Å². The van der Waals surface area contributed by atoms with Crippen LogP contribution in [-0.2, 0) is 0 Å². The second-order valence-electron chi connectivity index (χ2n) is 13.0. The van der Waals surface area contributed by atoms with E-state index in [-0.39, 0.29) is 0 Å². The first-order chi connectivity index (χ1) is 24.8. The number of rotatable bonds is 3.